The van der Waals surface area contributed by atoms with Gasteiger partial charge in [0.1, 0.15) is 5.65 Å². The molecule has 0 aromatic carbocycles. The number of rotatable bonds is 4. The minimum Gasteiger partial charge on any atom is -0.346 e. The number of likely N-dealkylation sites (tertiary alicyclic amines) is 1. The number of nitrogens with one attached hydrogen (secondary N) is 1. The minimum atomic E-state index is -2.51. The maximum atomic E-state index is 13.4. The molecule has 5 nitrogen and oxygen atoms in total. The van der Waals surface area contributed by atoms with Crippen molar-refractivity contribution >= 4 is 11.0 Å². The molecule has 0 radical (unpaired) electrons. The maximum absolute atomic E-state index is 13.4. The predicted octanol–water partition coefficient (Wildman–Crippen LogP) is 4.35. The van der Waals surface area contributed by atoms with Crippen molar-refractivity contribution in [1.82, 2.24) is 24.6 Å². The largest absolute Gasteiger partial charge is 0.346 e. The number of hydrogen-bond donors (Lipinski definition) is 1. The summed E-state index contributed by atoms with van der Waals surface area (Å²) < 4.78 is 28.6. The van der Waals surface area contributed by atoms with Crippen LogP contribution in [-0.2, 0) is 7.05 Å². The van der Waals surface area contributed by atoms with E-state index in [0.717, 1.165) is 41.5 Å². The van der Waals surface area contributed by atoms with Gasteiger partial charge in [0.2, 0.25) is 0 Å². The molecule has 2 aliphatic rings. The number of allylic oxidation sites excluding steroid dienone is 1. The van der Waals surface area contributed by atoms with Gasteiger partial charge in [0.25, 0.3) is 5.92 Å². The Hall–Kier alpha value is -2.54. The van der Waals surface area contributed by atoms with Crippen molar-refractivity contribution in [2.24, 2.45) is 13.0 Å². The summed E-state index contributed by atoms with van der Waals surface area (Å²) in [6.07, 6.45) is 14.3. The fourth-order valence-corrected chi connectivity index (χ4v) is 4.62. The van der Waals surface area contributed by atoms with Gasteiger partial charge in [-0.15, -0.1) is 0 Å². The Morgan fingerprint density at radius 3 is 2.83 bits per heavy atom. The number of alkyl halides is 2. The molecule has 1 aliphatic heterocycles. The van der Waals surface area contributed by atoms with E-state index in [1.807, 2.05) is 36.7 Å². The molecule has 0 amide bonds. The number of aromatic amines is 1. The Morgan fingerprint density at radius 2 is 2.14 bits per heavy atom. The van der Waals surface area contributed by atoms with Gasteiger partial charge in [-0.2, -0.15) is 5.10 Å². The van der Waals surface area contributed by atoms with Crippen LogP contribution in [0.5, 0.6) is 0 Å². The Kier molecular flexibility index (Phi) is 4.50. The fraction of sp³-hybridized carbons (Fsp3) is 0.455. The molecule has 152 valence electrons. The summed E-state index contributed by atoms with van der Waals surface area (Å²) in [4.78, 5) is 9.77. The third kappa shape index (κ3) is 3.71. The standard InChI is InChI=1S/C22H25F2N5/c1-28-13-18(10-27-28)20-11-26-21-19(20)8-17(9-25-21)16-4-2-15(3-5-16)12-29-7-6-22(23,24)14-29/h2,4,8-11,13,15-16H,3,5-7,12,14H2,1H3,(H,25,26)/t15-,16?/m1/s1. The van der Waals surface area contributed by atoms with Gasteiger partial charge in [0.05, 0.1) is 12.7 Å². The average molecular weight is 397 g/mol. The Bertz CT molecular complexity index is 1050. The highest BCUT2D eigenvalue weighted by atomic mass is 19.3. The summed E-state index contributed by atoms with van der Waals surface area (Å²) in [5, 5.41) is 5.37. The molecule has 29 heavy (non-hydrogen) atoms. The number of fused-ring (bicyclic) bond motifs is 1. The van der Waals surface area contributed by atoms with Gasteiger partial charge in [-0.3, -0.25) is 9.58 Å². The van der Waals surface area contributed by atoms with E-state index >= 15 is 0 Å². The molecular weight excluding hydrogens is 372 g/mol. The number of aryl methyl sites for hydroxylation is 1. The van der Waals surface area contributed by atoms with Crippen LogP contribution in [0.1, 0.15) is 30.7 Å². The Labute approximate surface area is 168 Å². The van der Waals surface area contributed by atoms with Crippen LogP contribution >= 0.6 is 0 Å². The lowest BCUT2D eigenvalue weighted by molar-refractivity contribution is 0.0112. The van der Waals surface area contributed by atoms with Crippen LogP contribution < -0.4 is 0 Å². The summed E-state index contributed by atoms with van der Waals surface area (Å²) in [7, 11) is 1.91. The minimum absolute atomic E-state index is 0.00627. The van der Waals surface area contributed by atoms with Crippen LogP contribution in [0.4, 0.5) is 8.78 Å². The molecule has 0 spiro atoms. The van der Waals surface area contributed by atoms with Crippen molar-refractivity contribution in [3.05, 3.63) is 48.6 Å². The third-order valence-electron chi connectivity index (χ3n) is 6.20. The van der Waals surface area contributed by atoms with Gasteiger partial charge in [-0.25, -0.2) is 13.8 Å². The Balaban J connectivity index is 1.32. The van der Waals surface area contributed by atoms with E-state index in [4.69, 9.17) is 0 Å². The summed E-state index contributed by atoms with van der Waals surface area (Å²) in [6.45, 7) is 1.15. The monoisotopic (exact) mass is 397 g/mol. The van der Waals surface area contributed by atoms with Gasteiger partial charge in [-0.05, 0) is 30.4 Å². The first kappa shape index (κ1) is 18.5. The van der Waals surface area contributed by atoms with Crippen molar-refractivity contribution in [2.45, 2.75) is 31.1 Å². The van der Waals surface area contributed by atoms with Crippen molar-refractivity contribution in [3.8, 4) is 11.1 Å². The highest BCUT2D eigenvalue weighted by molar-refractivity contribution is 5.93. The van der Waals surface area contributed by atoms with Crippen molar-refractivity contribution in [3.63, 3.8) is 0 Å². The average Bonchev–Trinajstić information content (AvgIpc) is 3.40. The molecule has 0 saturated carbocycles. The summed E-state index contributed by atoms with van der Waals surface area (Å²) in [5.74, 6) is -1.83. The van der Waals surface area contributed by atoms with E-state index in [9.17, 15) is 8.78 Å². The first-order chi connectivity index (χ1) is 14.0. The first-order valence-corrected chi connectivity index (χ1v) is 10.2. The van der Waals surface area contributed by atoms with E-state index in [2.05, 4.69) is 33.3 Å². The van der Waals surface area contributed by atoms with Gasteiger partial charge in [-0.1, -0.05) is 12.2 Å². The summed E-state index contributed by atoms with van der Waals surface area (Å²) in [5.41, 5.74) is 4.25. The number of aromatic nitrogens is 4. The van der Waals surface area contributed by atoms with E-state index in [-0.39, 0.29) is 13.0 Å². The lowest BCUT2D eigenvalue weighted by Gasteiger charge is -2.26. The number of nitrogens with zero attached hydrogens (tertiary/aromatic N) is 4. The zero-order chi connectivity index (χ0) is 20.0. The SMILES string of the molecule is Cn1cc(-c2c[nH]c3ncc(C4C=C[C@@H](CN5CCC(F)(F)C5)CC4)cc23)cn1. The number of pyridine rings is 1. The van der Waals surface area contributed by atoms with Crippen molar-refractivity contribution in [1.29, 1.82) is 0 Å². The molecule has 5 rings (SSSR count). The van der Waals surface area contributed by atoms with Crippen LogP contribution in [0.2, 0.25) is 0 Å². The molecule has 7 heteroatoms. The second-order valence-corrected chi connectivity index (χ2v) is 8.44. The molecule has 3 aromatic rings. The van der Waals surface area contributed by atoms with Gasteiger partial charge in [0.15, 0.2) is 0 Å². The molecule has 1 aliphatic carbocycles. The summed E-state index contributed by atoms with van der Waals surface area (Å²) in [6, 6.07) is 2.22. The quantitative estimate of drug-likeness (QED) is 0.666. The molecule has 3 aromatic heterocycles. The highest BCUT2D eigenvalue weighted by Crippen LogP contribution is 2.35. The van der Waals surface area contributed by atoms with E-state index < -0.39 is 5.92 Å². The van der Waals surface area contributed by atoms with Crippen molar-refractivity contribution in [2.75, 3.05) is 19.6 Å². The highest BCUT2D eigenvalue weighted by Gasteiger charge is 2.38. The van der Waals surface area contributed by atoms with Gasteiger partial charge >= 0.3 is 0 Å². The predicted molar refractivity (Wildman–Crippen MR) is 109 cm³/mol. The lowest BCUT2D eigenvalue weighted by Crippen LogP contribution is -2.30. The maximum Gasteiger partial charge on any atom is 0.261 e. The fourth-order valence-electron chi connectivity index (χ4n) is 4.62. The topological polar surface area (TPSA) is 49.7 Å². The lowest BCUT2D eigenvalue weighted by atomic mass is 9.84. The number of H-pyrrole nitrogens is 1. The Morgan fingerprint density at radius 1 is 1.24 bits per heavy atom. The van der Waals surface area contributed by atoms with Crippen LogP contribution in [0.15, 0.2) is 43.0 Å². The molecule has 1 saturated heterocycles. The zero-order valence-corrected chi connectivity index (χ0v) is 16.5. The van der Waals surface area contributed by atoms with Crippen LogP contribution in [0, 0.1) is 5.92 Å². The number of halogens is 2. The van der Waals surface area contributed by atoms with Crippen molar-refractivity contribution < 1.29 is 8.78 Å². The normalized spacial score (nSPS) is 24.5. The smallest absolute Gasteiger partial charge is 0.261 e. The summed E-state index contributed by atoms with van der Waals surface area (Å²) >= 11 is 0. The first-order valence-electron chi connectivity index (χ1n) is 10.2. The van der Waals surface area contributed by atoms with E-state index in [1.165, 1.54) is 5.56 Å². The third-order valence-corrected chi connectivity index (χ3v) is 6.20. The molecule has 1 unspecified atom stereocenters. The van der Waals surface area contributed by atoms with Crippen LogP contribution in [0.25, 0.3) is 22.2 Å². The van der Waals surface area contributed by atoms with E-state index in [1.54, 1.807) is 4.68 Å². The van der Waals surface area contributed by atoms with Crippen LogP contribution in [-0.4, -0.2) is 50.2 Å². The zero-order valence-electron chi connectivity index (χ0n) is 16.5. The van der Waals surface area contributed by atoms with E-state index in [0.29, 0.717) is 18.4 Å². The molecule has 0 bridgehead atoms. The van der Waals surface area contributed by atoms with Crippen LogP contribution in [0.3, 0.4) is 0 Å². The molecule has 1 fully saturated rings. The van der Waals surface area contributed by atoms with Gasteiger partial charge < -0.3 is 4.98 Å². The molecular formula is C22H25F2N5. The van der Waals surface area contributed by atoms with Gasteiger partial charge in [0, 0.05) is 67.6 Å². The molecule has 2 atom stereocenters. The molecule has 4 heterocycles. The second kappa shape index (κ2) is 7.06. The second-order valence-electron chi connectivity index (χ2n) is 8.44. The number of hydrogen-bond acceptors (Lipinski definition) is 3. The molecule has 1 N–H and O–H groups in total.